The van der Waals surface area contributed by atoms with Gasteiger partial charge in [-0.2, -0.15) is 0 Å². The molecule has 2 aromatic rings. The molecule has 1 heterocycles. The molecule has 0 unspecified atom stereocenters. The van der Waals surface area contributed by atoms with E-state index >= 15 is 0 Å². The number of hydrogen-bond donors (Lipinski definition) is 0. The van der Waals surface area contributed by atoms with E-state index in [4.69, 9.17) is 11.6 Å². The number of carbonyl (C=O) groups excluding carboxylic acids is 1. The van der Waals surface area contributed by atoms with Gasteiger partial charge in [0.2, 0.25) is 0 Å². The molecule has 0 aliphatic carbocycles. The van der Waals surface area contributed by atoms with Crippen LogP contribution in [0, 0.1) is 10.5 Å². The summed E-state index contributed by atoms with van der Waals surface area (Å²) in [5.41, 5.74) is 2.48. The molecular weight excluding hydrogens is 361 g/mol. The van der Waals surface area contributed by atoms with Gasteiger partial charge >= 0.3 is 0 Å². The zero-order valence-electron chi connectivity index (χ0n) is 9.78. The molecule has 92 valence electrons. The first kappa shape index (κ1) is 13.5. The van der Waals surface area contributed by atoms with Gasteiger partial charge in [-0.25, -0.2) is 0 Å². The van der Waals surface area contributed by atoms with Crippen LogP contribution < -0.4 is 0 Å². The van der Waals surface area contributed by atoms with Gasteiger partial charge in [0.05, 0.1) is 17.1 Å². The van der Waals surface area contributed by atoms with Crippen molar-refractivity contribution in [1.29, 1.82) is 0 Å². The highest BCUT2D eigenvalue weighted by Gasteiger charge is 2.11. The summed E-state index contributed by atoms with van der Waals surface area (Å²) < 4.78 is 0.944. The smallest absolute Gasteiger partial charge is 0.168 e. The van der Waals surface area contributed by atoms with Crippen LogP contribution in [0.4, 0.5) is 0 Å². The van der Waals surface area contributed by atoms with Crippen LogP contribution in [0.25, 0.3) is 0 Å². The number of halogens is 2. The van der Waals surface area contributed by atoms with Gasteiger partial charge in [0.25, 0.3) is 0 Å². The second-order valence-electron chi connectivity index (χ2n) is 4.00. The first-order valence-electron chi connectivity index (χ1n) is 5.46. The van der Waals surface area contributed by atoms with E-state index in [-0.39, 0.29) is 5.78 Å². The molecule has 0 radical (unpaired) electrons. The number of nitrogens with zero attached hydrogens (tertiary/aromatic N) is 1. The van der Waals surface area contributed by atoms with Crippen LogP contribution in [0.15, 0.2) is 36.5 Å². The second-order valence-corrected chi connectivity index (χ2v) is 5.57. The Balaban J connectivity index is 2.22. The minimum absolute atomic E-state index is 0.0371. The van der Waals surface area contributed by atoms with Gasteiger partial charge < -0.3 is 0 Å². The summed E-state index contributed by atoms with van der Waals surface area (Å²) >= 11 is 8.15. The first-order valence-corrected chi connectivity index (χ1v) is 6.92. The molecule has 0 spiro atoms. The Bertz CT molecular complexity index is 598. The number of benzene rings is 1. The fourth-order valence-corrected chi connectivity index (χ4v) is 2.14. The molecule has 0 saturated heterocycles. The molecule has 1 aromatic heterocycles. The Morgan fingerprint density at radius 2 is 2.17 bits per heavy atom. The van der Waals surface area contributed by atoms with E-state index in [1.165, 1.54) is 0 Å². The maximum absolute atomic E-state index is 12.1. The Kier molecular flexibility index (Phi) is 4.35. The Labute approximate surface area is 125 Å². The number of hydrogen-bond acceptors (Lipinski definition) is 2. The van der Waals surface area contributed by atoms with Crippen molar-refractivity contribution in [2.45, 2.75) is 13.3 Å². The van der Waals surface area contributed by atoms with Crippen molar-refractivity contribution >= 4 is 40.0 Å². The third-order valence-corrected chi connectivity index (χ3v) is 4.26. The van der Waals surface area contributed by atoms with E-state index in [0.717, 1.165) is 14.8 Å². The average molecular weight is 372 g/mol. The summed E-state index contributed by atoms with van der Waals surface area (Å²) in [5, 5.41) is 0.610. The maximum Gasteiger partial charge on any atom is 0.168 e. The van der Waals surface area contributed by atoms with Crippen molar-refractivity contribution < 1.29 is 4.79 Å². The monoisotopic (exact) mass is 371 g/mol. The maximum atomic E-state index is 12.1. The van der Waals surface area contributed by atoms with E-state index in [1.807, 2.05) is 25.1 Å². The molecule has 2 rings (SSSR count). The minimum Gasteiger partial charge on any atom is -0.294 e. The molecule has 18 heavy (non-hydrogen) atoms. The molecule has 0 amide bonds. The second kappa shape index (κ2) is 5.80. The van der Waals surface area contributed by atoms with Gasteiger partial charge in [-0.1, -0.05) is 23.7 Å². The van der Waals surface area contributed by atoms with Crippen LogP contribution >= 0.6 is 34.2 Å². The molecule has 2 nitrogen and oxygen atoms in total. The lowest BCUT2D eigenvalue weighted by molar-refractivity contribution is 0.0991. The number of aryl methyl sites for hydroxylation is 1. The van der Waals surface area contributed by atoms with Crippen molar-refractivity contribution in [3.8, 4) is 0 Å². The van der Waals surface area contributed by atoms with Gasteiger partial charge in [0, 0.05) is 15.3 Å². The summed E-state index contributed by atoms with van der Waals surface area (Å²) in [6.45, 7) is 1.95. The zero-order valence-corrected chi connectivity index (χ0v) is 12.7. The average Bonchev–Trinajstić information content (AvgIpc) is 2.35. The van der Waals surface area contributed by atoms with E-state index in [2.05, 4.69) is 27.6 Å². The van der Waals surface area contributed by atoms with Crippen LogP contribution in [0.5, 0.6) is 0 Å². The van der Waals surface area contributed by atoms with Crippen molar-refractivity contribution in [3.05, 3.63) is 61.9 Å². The van der Waals surface area contributed by atoms with Crippen molar-refractivity contribution in [2.24, 2.45) is 0 Å². The van der Waals surface area contributed by atoms with Crippen molar-refractivity contribution in [1.82, 2.24) is 4.98 Å². The largest absolute Gasteiger partial charge is 0.294 e. The number of ketones is 1. The van der Waals surface area contributed by atoms with Gasteiger partial charge in [-0.15, -0.1) is 0 Å². The summed E-state index contributed by atoms with van der Waals surface area (Å²) in [5.74, 6) is 0.0371. The van der Waals surface area contributed by atoms with E-state index in [9.17, 15) is 4.79 Å². The van der Waals surface area contributed by atoms with Crippen molar-refractivity contribution in [3.63, 3.8) is 0 Å². The summed E-state index contributed by atoms with van der Waals surface area (Å²) in [4.78, 5) is 16.4. The molecule has 0 bridgehead atoms. The number of carbonyl (C=O) groups is 1. The highest BCUT2D eigenvalue weighted by atomic mass is 127. The molecule has 0 saturated carbocycles. The number of rotatable bonds is 3. The molecule has 0 aliphatic heterocycles. The Morgan fingerprint density at radius 1 is 1.39 bits per heavy atom. The Morgan fingerprint density at radius 3 is 2.83 bits per heavy atom. The quantitative estimate of drug-likeness (QED) is 0.601. The van der Waals surface area contributed by atoms with Gasteiger partial charge in [0.15, 0.2) is 5.78 Å². The third kappa shape index (κ3) is 3.09. The van der Waals surface area contributed by atoms with Gasteiger partial charge in [-0.05, 0) is 53.3 Å². The number of Topliss-reactive ketones (excluding diaryl/α,β-unsaturated/α-hetero) is 1. The molecule has 0 atom stereocenters. The fourth-order valence-electron chi connectivity index (χ4n) is 1.63. The molecular formula is C14H11ClINO. The summed E-state index contributed by atoms with van der Waals surface area (Å²) in [7, 11) is 0. The number of aromatic nitrogens is 1. The lowest BCUT2D eigenvalue weighted by atomic mass is 10.0. The highest BCUT2D eigenvalue weighted by Crippen LogP contribution is 2.20. The summed E-state index contributed by atoms with van der Waals surface area (Å²) in [6.07, 6.45) is 2.01. The lowest BCUT2D eigenvalue weighted by Gasteiger charge is -2.05. The summed E-state index contributed by atoms with van der Waals surface area (Å²) in [6, 6.07) is 9.18. The fraction of sp³-hybridized carbons (Fsp3) is 0.143. The van der Waals surface area contributed by atoms with E-state index in [1.54, 1.807) is 18.3 Å². The Hall–Kier alpha value is -0.940. The molecule has 0 N–H and O–H groups in total. The van der Waals surface area contributed by atoms with Crippen LogP contribution in [0.3, 0.4) is 0 Å². The molecule has 0 aliphatic rings. The molecule has 0 fully saturated rings. The van der Waals surface area contributed by atoms with Gasteiger partial charge in [-0.3, -0.25) is 9.78 Å². The number of pyridine rings is 1. The van der Waals surface area contributed by atoms with Crippen LogP contribution in [0.2, 0.25) is 5.02 Å². The SMILES string of the molecule is Cc1cccnc1CC(=O)c1ccc(I)c(Cl)c1. The van der Waals surface area contributed by atoms with Crippen LogP contribution in [-0.2, 0) is 6.42 Å². The van der Waals surface area contributed by atoms with Crippen LogP contribution in [0.1, 0.15) is 21.6 Å². The topological polar surface area (TPSA) is 30.0 Å². The van der Waals surface area contributed by atoms with E-state index < -0.39 is 0 Å². The molecule has 1 aromatic carbocycles. The van der Waals surface area contributed by atoms with Crippen molar-refractivity contribution in [2.75, 3.05) is 0 Å². The first-order chi connectivity index (χ1) is 8.58. The predicted molar refractivity (Wildman–Crippen MR) is 81.2 cm³/mol. The lowest BCUT2D eigenvalue weighted by Crippen LogP contribution is -2.06. The standard InChI is InChI=1S/C14H11ClINO/c1-9-3-2-6-17-13(9)8-14(18)10-4-5-12(16)11(15)7-10/h2-7H,8H2,1H3. The van der Waals surface area contributed by atoms with Gasteiger partial charge in [0.1, 0.15) is 0 Å². The third-order valence-electron chi connectivity index (χ3n) is 2.69. The molecule has 4 heteroatoms. The minimum atomic E-state index is 0.0371. The highest BCUT2D eigenvalue weighted by molar-refractivity contribution is 14.1. The predicted octanol–water partition coefficient (Wildman–Crippen LogP) is 4.07. The van der Waals surface area contributed by atoms with E-state index in [0.29, 0.717) is 17.0 Å². The normalized spacial score (nSPS) is 10.4. The van der Waals surface area contributed by atoms with Crippen LogP contribution in [-0.4, -0.2) is 10.8 Å². The zero-order chi connectivity index (χ0) is 13.1.